The molecule has 88 valence electrons. The molecule has 0 bridgehead atoms. The Morgan fingerprint density at radius 2 is 2.00 bits per heavy atom. The Balaban J connectivity index is 2.41. The van der Waals surface area contributed by atoms with Crippen LogP contribution in [0.2, 0.25) is 0 Å². The predicted molar refractivity (Wildman–Crippen MR) is 66.9 cm³/mol. The van der Waals surface area contributed by atoms with Gasteiger partial charge in [-0.25, -0.2) is 0 Å². The molecule has 0 saturated heterocycles. The third kappa shape index (κ3) is 4.45. The topological polar surface area (TPSA) is 54.4 Å². The molecule has 5 heteroatoms. The molecule has 0 aromatic heterocycles. The molecule has 0 aliphatic rings. The summed E-state index contributed by atoms with van der Waals surface area (Å²) in [4.78, 5) is 11.1. The molecule has 0 radical (unpaired) electrons. The Morgan fingerprint density at radius 3 is 2.62 bits per heavy atom. The van der Waals surface area contributed by atoms with Crippen molar-refractivity contribution in [2.45, 2.75) is 24.2 Å². The second-order valence-corrected chi connectivity index (χ2v) is 5.72. The van der Waals surface area contributed by atoms with E-state index in [-0.39, 0.29) is 6.42 Å². The highest BCUT2D eigenvalue weighted by molar-refractivity contribution is 9.10. The van der Waals surface area contributed by atoms with Gasteiger partial charge in [0, 0.05) is 16.6 Å². The molecule has 0 saturated carbocycles. The lowest BCUT2D eigenvalue weighted by atomic mass is 10.2. The third-order valence-electron chi connectivity index (χ3n) is 2.05. The number of hydrogen-bond donors (Lipinski definition) is 1. The van der Waals surface area contributed by atoms with E-state index in [1.54, 1.807) is 0 Å². The number of halogens is 1. The number of carbonyl (C=O) groups is 1. The van der Waals surface area contributed by atoms with Gasteiger partial charge in [0.25, 0.3) is 0 Å². The Kier molecular flexibility index (Phi) is 5.69. The summed E-state index contributed by atoms with van der Waals surface area (Å²) in [7, 11) is -1.05. The minimum Gasteiger partial charge on any atom is -0.481 e. The molecule has 1 N–H and O–H groups in total. The Morgan fingerprint density at radius 1 is 1.31 bits per heavy atom. The second-order valence-electron chi connectivity index (χ2n) is 3.33. The molecular weight excluding hydrogens is 292 g/mol. The van der Waals surface area contributed by atoms with Crippen LogP contribution in [0.25, 0.3) is 0 Å². The zero-order chi connectivity index (χ0) is 12.0. The number of benzene rings is 1. The smallest absolute Gasteiger partial charge is 0.303 e. The van der Waals surface area contributed by atoms with Gasteiger partial charge in [0.15, 0.2) is 0 Å². The molecule has 1 rings (SSSR count). The fourth-order valence-electron chi connectivity index (χ4n) is 1.25. The molecule has 1 unspecified atom stereocenters. The van der Waals surface area contributed by atoms with Crippen molar-refractivity contribution in [2.75, 3.05) is 5.75 Å². The highest BCUT2D eigenvalue weighted by atomic mass is 79.9. The summed E-state index contributed by atoms with van der Waals surface area (Å²) in [6, 6.07) is 7.38. The average Bonchev–Trinajstić information content (AvgIpc) is 2.24. The molecule has 0 fully saturated rings. The van der Waals surface area contributed by atoms with Crippen molar-refractivity contribution in [1.29, 1.82) is 0 Å². The molecular formula is C11H13BrO3S. The molecule has 1 aromatic rings. The van der Waals surface area contributed by atoms with Crippen molar-refractivity contribution in [1.82, 2.24) is 0 Å². The van der Waals surface area contributed by atoms with E-state index in [9.17, 15) is 9.00 Å². The zero-order valence-electron chi connectivity index (χ0n) is 8.69. The third-order valence-corrected chi connectivity index (χ3v) is 4.51. The van der Waals surface area contributed by atoms with Gasteiger partial charge in [-0.2, -0.15) is 0 Å². The first-order chi connectivity index (χ1) is 7.61. The van der Waals surface area contributed by atoms with Gasteiger partial charge in [-0.15, -0.1) is 0 Å². The minimum atomic E-state index is -1.05. The van der Waals surface area contributed by atoms with Gasteiger partial charge in [-0.1, -0.05) is 12.1 Å². The normalized spacial score (nSPS) is 12.3. The number of rotatable bonds is 6. The van der Waals surface area contributed by atoms with Gasteiger partial charge in [0.1, 0.15) is 0 Å². The van der Waals surface area contributed by atoms with Crippen molar-refractivity contribution < 1.29 is 14.1 Å². The van der Waals surface area contributed by atoms with Crippen LogP contribution in [-0.4, -0.2) is 21.0 Å². The van der Waals surface area contributed by atoms with Gasteiger partial charge in [-0.3, -0.25) is 9.00 Å². The van der Waals surface area contributed by atoms with Crippen molar-refractivity contribution in [3.05, 3.63) is 28.7 Å². The van der Waals surface area contributed by atoms with Gasteiger partial charge in [0.2, 0.25) is 0 Å². The fourth-order valence-corrected chi connectivity index (χ4v) is 3.28. The summed E-state index contributed by atoms with van der Waals surface area (Å²) in [5.41, 5.74) is 0. The summed E-state index contributed by atoms with van der Waals surface area (Å²) >= 11 is 3.34. The van der Waals surface area contributed by atoms with Crippen molar-refractivity contribution >= 4 is 32.7 Å². The molecule has 0 heterocycles. The largest absolute Gasteiger partial charge is 0.481 e. The lowest BCUT2D eigenvalue weighted by Crippen LogP contribution is -2.01. The Hall–Kier alpha value is -0.680. The molecule has 0 aliphatic carbocycles. The van der Waals surface area contributed by atoms with Gasteiger partial charge in [0.05, 0.1) is 15.7 Å². The number of carboxylic acid groups (broad SMARTS) is 1. The zero-order valence-corrected chi connectivity index (χ0v) is 11.1. The molecule has 0 amide bonds. The number of hydrogen-bond acceptors (Lipinski definition) is 2. The fraction of sp³-hybridized carbons (Fsp3) is 0.364. The summed E-state index contributed by atoms with van der Waals surface area (Å²) < 4.78 is 12.7. The Labute approximate surface area is 105 Å². The highest BCUT2D eigenvalue weighted by Gasteiger charge is 2.07. The van der Waals surface area contributed by atoms with Crippen LogP contribution in [0.15, 0.2) is 33.6 Å². The Bertz CT molecular complexity index is 393. The molecule has 1 aromatic carbocycles. The summed E-state index contributed by atoms with van der Waals surface area (Å²) in [6.45, 7) is 0. The maximum atomic E-state index is 11.8. The van der Waals surface area contributed by atoms with E-state index < -0.39 is 16.8 Å². The van der Waals surface area contributed by atoms with Crippen LogP contribution in [0.4, 0.5) is 0 Å². The first-order valence-electron chi connectivity index (χ1n) is 4.96. The molecule has 3 nitrogen and oxygen atoms in total. The van der Waals surface area contributed by atoms with E-state index in [4.69, 9.17) is 5.11 Å². The van der Waals surface area contributed by atoms with Crippen LogP contribution in [0.3, 0.4) is 0 Å². The van der Waals surface area contributed by atoms with Crippen molar-refractivity contribution in [3.63, 3.8) is 0 Å². The molecule has 1 atom stereocenters. The van der Waals surface area contributed by atoms with Crippen LogP contribution in [0.5, 0.6) is 0 Å². The highest BCUT2D eigenvalue weighted by Crippen LogP contribution is 2.20. The lowest BCUT2D eigenvalue weighted by Gasteiger charge is -2.03. The summed E-state index contributed by atoms with van der Waals surface area (Å²) in [5.74, 6) is -0.290. The predicted octanol–water partition coefficient (Wildman–Crippen LogP) is 2.81. The van der Waals surface area contributed by atoms with E-state index in [1.807, 2.05) is 24.3 Å². The minimum absolute atomic E-state index is 0.146. The SMILES string of the molecule is O=C(O)CCCCS(=O)c1ccccc1Br. The van der Waals surface area contributed by atoms with E-state index in [1.165, 1.54) is 0 Å². The van der Waals surface area contributed by atoms with Crippen molar-refractivity contribution in [2.24, 2.45) is 0 Å². The van der Waals surface area contributed by atoms with E-state index in [0.717, 1.165) is 9.37 Å². The van der Waals surface area contributed by atoms with Crippen LogP contribution in [0.1, 0.15) is 19.3 Å². The standard InChI is InChI=1S/C11H13BrO3S/c12-9-5-1-2-6-10(9)16(15)8-4-3-7-11(13)14/h1-2,5-6H,3-4,7-8H2,(H,13,14). The number of carboxylic acids is 1. The van der Waals surface area contributed by atoms with Crippen LogP contribution in [0, 0.1) is 0 Å². The van der Waals surface area contributed by atoms with Gasteiger partial charge >= 0.3 is 5.97 Å². The number of unbranched alkanes of at least 4 members (excludes halogenated alkanes) is 1. The maximum absolute atomic E-state index is 11.8. The van der Waals surface area contributed by atoms with E-state index in [2.05, 4.69) is 15.9 Å². The van der Waals surface area contributed by atoms with E-state index in [0.29, 0.717) is 18.6 Å². The summed E-state index contributed by atoms with van der Waals surface area (Å²) in [5, 5.41) is 8.46. The maximum Gasteiger partial charge on any atom is 0.303 e. The van der Waals surface area contributed by atoms with Crippen molar-refractivity contribution in [3.8, 4) is 0 Å². The van der Waals surface area contributed by atoms with Crippen LogP contribution >= 0.6 is 15.9 Å². The quantitative estimate of drug-likeness (QED) is 0.822. The van der Waals surface area contributed by atoms with Crippen LogP contribution in [-0.2, 0) is 15.6 Å². The van der Waals surface area contributed by atoms with Crippen LogP contribution < -0.4 is 0 Å². The molecule has 16 heavy (non-hydrogen) atoms. The number of aliphatic carboxylic acids is 1. The first kappa shape index (κ1) is 13.4. The second kappa shape index (κ2) is 6.81. The lowest BCUT2D eigenvalue weighted by molar-refractivity contribution is -0.137. The van der Waals surface area contributed by atoms with Gasteiger partial charge in [-0.05, 0) is 40.9 Å². The summed E-state index contributed by atoms with van der Waals surface area (Å²) in [6.07, 6.45) is 1.39. The molecule has 0 spiro atoms. The molecule has 0 aliphatic heterocycles. The monoisotopic (exact) mass is 304 g/mol. The first-order valence-corrected chi connectivity index (χ1v) is 7.07. The average molecular weight is 305 g/mol. The van der Waals surface area contributed by atoms with E-state index >= 15 is 0 Å². The van der Waals surface area contributed by atoms with Gasteiger partial charge < -0.3 is 5.11 Å².